The molecule has 1 N–H and O–H groups in total. The van der Waals surface area contributed by atoms with E-state index in [0.717, 1.165) is 25.8 Å². The first-order valence-corrected chi connectivity index (χ1v) is 6.20. The maximum absolute atomic E-state index is 12.0. The van der Waals surface area contributed by atoms with Gasteiger partial charge in [-0.2, -0.15) is 13.2 Å². The molecule has 0 aromatic rings. The van der Waals surface area contributed by atoms with Crippen LogP contribution >= 0.6 is 0 Å². The Morgan fingerprint density at radius 3 is 2.59 bits per heavy atom. The SMILES string of the molecule is CCCC1(C(=O)CCCC(F)(F)F)CCNC1. The molecule has 1 aliphatic rings. The summed E-state index contributed by atoms with van der Waals surface area (Å²) in [7, 11) is 0. The van der Waals surface area contributed by atoms with Gasteiger partial charge in [-0.3, -0.25) is 4.79 Å². The normalized spacial score (nSPS) is 25.2. The minimum atomic E-state index is -4.15. The van der Waals surface area contributed by atoms with E-state index in [0.29, 0.717) is 6.54 Å². The highest BCUT2D eigenvalue weighted by atomic mass is 19.4. The maximum atomic E-state index is 12.0. The summed E-state index contributed by atoms with van der Waals surface area (Å²) in [6, 6.07) is 0. The summed E-state index contributed by atoms with van der Waals surface area (Å²) in [6.45, 7) is 3.43. The fourth-order valence-electron chi connectivity index (χ4n) is 2.53. The molecule has 0 aromatic carbocycles. The van der Waals surface area contributed by atoms with Gasteiger partial charge in [0.1, 0.15) is 5.78 Å². The molecule has 1 unspecified atom stereocenters. The summed E-state index contributed by atoms with van der Waals surface area (Å²) in [6.07, 6.45) is -2.57. The first kappa shape index (κ1) is 14.5. The van der Waals surface area contributed by atoms with Gasteiger partial charge in [-0.15, -0.1) is 0 Å². The van der Waals surface area contributed by atoms with E-state index in [4.69, 9.17) is 0 Å². The highest BCUT2D eigenvalue weighted by Crippen LogP contribution is 2.34. The van der Waals surface area contributed by atoms with Crippen molar-refractivity contribution in [2.45, 2.75) is 51.6 Å². The third kappa shape index (κ3) is 4.30. The Balaban J connectivity index is 2.44. The lowest BCUT2D eigenvalue weighted by Crippen LogP contribution is -2.33. The van der Waals surface area contributed by atoms with Crippen molar-refractivity contribution in [2.24, 2.45) is 5.41 Å². The molecule has 0 bridgehead atoms. The Morgan fingerprint density at radius 2 is 2.12 bits per heavy atom. The van der Waals surface area contributed by atoms with Crippen LogP contribution in [0.5, 0.6) is 0 Å². The van der Waals surface area contributed by atoms with Gasteiger partial charge in [0.15, 0.2) is 0 Å². The van der Waals surface area contributed by atoms with Crippen LogP contribution < -0.4 is 5.32 Å². The number of nitrogens with one attached hydrogen (secondary N) is 1. The van der Waals surface area contributed by atoms with Gasteiger partial charge < -0.3 is 5.32 Å². The second-order valence-corrected chi connectivity index (χ2v) is 4.85. The molecule has 0 saturated carbocycles. The molecule has 1 heterocycles. The van der Waals surface area contributed by atoms with Crippen molar-refractivity contribution in [3.63, 3.8) is 0 Å². The average molecular weight is 251 g/mol. The third-order valence-electron chi connectivity index (χ3n) is 3.43. The highest BCUT2D eigenvalue weighted by Gasteiger charge is 2.39. The van der Waals surface area contributed by atoms with Crippen LogP contribution in [-0.2, 0) is 4.79 Å². The number of alkyl halides is 3. The Bertz CT molecular complexity index is 257. The summed E-state index contributed by atoms with van der Waals surface area (Å²) in [5.41, 5.74) is -0.389. The van der Waals surface area contributed by atoms with Crippen LogP contribution in [0.1, 0.15) is 45.4 Å². The lowest BCUT2D eigenvalue weighted by atomic mass is 9.77. The number of halogens is 3. The van der Waals surface area contributed by atoms with Crippen LogP contribution in [-0.4, -0.2) is 25.0 Å². The second kappa shape index (κ2) is 5.85. The van der Waals surface area contributed by atoms with Crippen molar-refractivity contribution in [1.29, 1.82) is 0 Å². The number of carbonyl (C=O) groups excluding carboxylic acids is 1. The first-order valence-electron chi connectivity index (χ1n) is 6.20. The van der Waals surface area contributed by atoms with Crippen LogP contribution in [0.2, 0.25) is 0 Å². The Labute approximate surface area is 100.0 Å². The highest BCUT2D eigenvalue weighted by molar-refractivity contribution is 5.85. The first-order chi connectivity index (χ1) is 7.90. The molecular formula is C12H20F3NO. The van der Waals surface area contributed by atoms with Crippen molar-refractivity contribution in [3.05, 3.63) is 0 Å². The van der Waals surface area contributed by atoms with Gasteiger partial charge in [0, 0.05) is 24.8 Å². The van der Waals surface area contributed by atoms with E-state index in [-0.39, 0.29) is 24.0 Å². The summed E-state index contributed by atoms with van der Waals surface area (Å²) >= 11 is 0. The van der Waals surface area contributed by atoms with Gasteiger partial charge in [0.25, 0.3) is 0 Å². The summed E-state index contributed by atoms with van der Waals surface area (Å²) in [4.78, 5) is 12.0. The van der Waals surface area contributed by atoms with Crippen molar-refractivity contribution in [2.75, 3.05) is 13.1 Å². The molecule has 0 amide bonds. The molecule has 1 saturated heterocycles. The number of ketones is 1. The summed E-state index contributed by atoms with van der Waals surface area (Å²) < 4.78 is 36.0. The van der Waals surface area contributed by atoms with Crippen LogP contribution in [0.3, 0.4) is 0 Å². The minimum absolute atomic E-state index is 0.00796. The number of hydrogen-bond acceptors (Lipinski definition) is 2. The molecule has 17 heavy (non-hydrogen) atoms. The second-order valence-electron chi connectivity index (χ2n) is 4.85. The smallest absolute Gasteiger partial charge is 0.316 e. The summed E-state index contributed by atoms with van der Waals surface area (Å²) in [5.74, 6) is 0.00796. The van der Waals surface area contributed by atoms with Crippen molar-refractivity contribution in [1.82, 2.24) is 5.32 Å². The topological polar surface area (TPSA) is 29.1 Å². The molecule has 2 nitrogen and oxygen atoms in total. The zero-order chi connectivity index (χ0) is 12.9. The summed E-state index contributed by atoms with van der Waals surface area (Å²) in [5, 5.41) is 3.14. The molecule has 0 spiro atoms. The molecule has 1 aliphatic heterocycles. The number of hydrogen-bond donors (Lipinski definition) is 1. The van der Waals surface area contributed by atoms with Crippen LogP contribution in [0.25, 0.3) is 0 Å². The van der Waals surface area contributed by atoms with E-state index >= 15 is 0 Å². The van der Waals surface area contributed by atoms with Gasteiger partial charge in [-0.05, 0) is 25.8 Å². The Kier molecular flexibility index (Phi) is 4.98. The van der Waals surface area contributed by atoms with E-state index in [2.05, 4.69) is 5.32 Å². The molecule has 1 fully saturated rings. The van der Waals surface area contributed by atoms with E-state index in [1.807, 2.05) is 6.92 Å². The number of carbonyl (C=O) groups is 1. The van der Waals surface area contributed by atoms with Crippen molar-refractivity contribution >= 4 is 5.78 Å². The Morgan fingerprint density at radius 1 is 1.41 bits per heavy atom. The van der Waals surface area contributed by atoms with Gasteiger partial charge in [-0.1, -0.05) is 13.3 Å². The van der Waals surface area contributed by atoms with Gasteiger partial charge in [-0.25, -0.2) is 0 Å². The number of rotatable bonds is 6. The molecule has 1 atom stereocenters. The van der Waals surface area contributed by atoms with E-state index in [9.17, 15) is 18.0 Å². The fourth-order valence-corrected chi connectivity index (χ4v) is 2.53. The standard InChI is InChI=1S/C12H20F3NO/c1-2-5-11(7-8-16-9-11)10(17)4-3-6-12(13,14)15/h16H,2-9H2,1H3. The molecule has 1 rings (SSSR count). The fraction of sp³-hybridized carbons (Fsp3) is 0.917. The lowest BCUT2D eigenvalue weighted by Gasteiger charge is -2.26. The molecule has 100 valence electrons. The van der Waals surface area contributed by atoms with E-state index < -0.39 is 12.6 Å². The predicted octanol–water partition coefficient (Wildman–Crippen LogP) is 3.07. The molecule has 0 aromatic heterocycles. The molecule has 0 radical (unpaired) electrons. The molecular weight excluding hydrogens is 231 g/mol. The maximum Gasteiger partial charge on any atom is 0.389 e. The largest absolute Gasteiger partial charge is 0.389 e. The van der Waals surface area contributed by atoms with Gasteiger partial charge >= 0.3 is 6.18 Å². The predicted molar refractivity (Wildman–Crippen MR) is 59.7 cm³/mol. The molecule has 0 aliphatic carbocycles. The van der Waals surface area contributed by atoms with Gasteiger partial charge in [0.05, 0.1) is 0 Å². The monoisotopic (exact) mass is 251 g/mol. The van der Waals surface area contributed by atoms with E-state index in [1.165, 1.54) is 0 Å². The van der Waals surface area contributed by atoms with E-state index in [1.54, 1.807) is 0 Å². The lowest BCUT2D eigenvalue weighted by molar-refractivity contribution is -0.139. The third-order valence-corrected chi connectivity index (χ3v) is 3.43. The minimum Gasteiger partial charge on any atom is -0.316 e. The Hall–Kier alpha value is -0.580. The number of Topliss-reactive ketones (excluding diaryl/α,β-unsaturated/α-hetero) is 1. The zero-order valence-corrected chi connectivity index (χ0v) is 10.2. The van der Waals surface area contributed by atoms with Crippen molar-refractivity contribution in [3.8, 4) is 0 Å². The van der Waals surface area contributed by atoms with Crippen LogP contribution in [0.4, 0.5) is 13.2 Å². The zero-order valence-electron chi connectivity index (χ0n) is 10.2. The van der Waals surface area contributed by atoms with Gasteiger partial charge in [0.2, 0.25) is 0 Å². The molecule has 5 heteroatoms. The van der Waals surface area contributed by atoms with Crippen LogP contribution in [0.15, 0.2) is 0 Å². The van der Waals surface area contributed by atoms with Crippen LogP contribution in [0, 0.1) is 5.41 Å². The quantitative estimate of drug-likeness (QED) is 0.786. The average Bonchev–Trinajstić information content (AvgIpc) is 2.66. The van der Waals surface area contributed by atoms with Crippen molar-refractivity contribution < 1.29 is 18.0 Å².